The van der Waals surface area contributed by atoms with Crippen molar-refractivity contribution >= 4 is 22.7 Å². The van der Waals surface area contributed by atoms with Crippen molar-refractivity contribution in [2.75, 3.05) is 6.79 Å². The van der Waals surface area contributed by atoms with E-state index in [4.69, 9.17) is 14.2 Å². The summed E-state index contributed by atoms with van der Waals surface area (Å²) in [6, 6.07) is 19.6. The first kappa shape index (κ1) is 29.6. The molecule has 0 spiro atoms. The van der Waals surface area contributed by atoms with Gasteiger partial charge in [-0.3, -0.25) is 14.3 Å². The lowest BCUT2D eigenvalue weighted by atomic mass is 10.00. The zero-order valence-corrected chi connectivity index (χ0v) is 24.5. The molecule has 2 N–H and O–H groups in total. The van der Waals surface area contributed by atoms with Crippen LogP contribution >= 0.6 is 0 Å². The third-order valence-electron chi connectivity index (χ3n) is 8.14. The Labute approximate surface area is 253 Å². The smallest absolute Gasteiger partial charge is 0.321 e. The van der Waals surface area contributed by atoms with Crippen molar-refractivity contribution in [2.45, 2.75) is 69.9 Å². The SMILES string of the molecule is C[C@H](NC(=O)C(C)(F)F)[C@H](Oc1ccc2c(cnn2C2CCC(NC(=O)c3ccccc3)C2)c1)c1ccc2c(c1)OCOC2. The average molecular weight is 605 g/mol. The number of amides is 2. The molecule has 6 rings (SSSR count). The first-order valence-electron chi connectivity index (χ1n) is 14.7. The van der Waals surface area contributed by atoms with Crippen LogP contribution in [-0.2, 0) is 16.1 Å². The van der Waals surface area contributed by atoms with Crippen molar-refractivity contribution in [2.24, 2.45) is 0 Å². The van der Waals surface area contributed by atoms with Gasteiger partial charge in [0.25, 0.3) is 11.8 Å². The summed E-state index contributed by atoms with van der Waals surface area (Å²) in [7, 11) is 0. The molecule has 2 aliphatic rings. The Morgan fingerprint density at radius 2 is 1.91 bits per heavy atom. The van der Waals surface area contributed by atoms with Crippen LogP contribution in [0.25, 0.3) is 10.9 Å². The Kier molecular flexibility index (Phi) is 8.22. The second-order valence-corrected chi connectivity index (χ2v) is 11.5. The molecule has 0 bridgehead atoms. The lowest BCUT2D eigenvalue weighted by Crippen LogP contribution is -2.46. The van der Waals surface area contributed by atoms with Crippen LogP contribution in [0.2, 0.25) is 0 Å². The molecule has 3 aromatic carbocycles. The topological polar surface area (TPSA) is 104 Å². The summed E-state index contributed by atoms with van der Waals surface area (Å²) in [6.07, 6.45) is 3.46. The number of nitrogens with zero attached hydrogens (tertiary/aromatic N) is 2. The Morgan fingerprint density at radius 3 is 2.70 bits per heavy atom. The number of nitrogens with one attached hydrogen (secondary N) is 2. The number of rotatable bonds is 9. The summed E-state index contributed by atoms with van der Waals surface area (Å²) < 4.78 is 46.8. The fourth-order valence-corrected chi connectivity index (χ4v) is 5.84. The van der Waals surface area contributed by atoms with Crippen LogP contribution in [0.4, 0.5) is 8.78 Å². The van der Waals surface area contributed by atoms with Crippen molar-refractivity contribution in [3.05, 3.63) is 89.6 Å². The molecule has 44 heavy (non-hydrogen) atoms. The minimum atomic E-state index is -3.54. The van der Waals surface area contributed by atoms with Gasteiger partial charge in [-0.15, -0.1) is 0 Å². The summed E-state index contributed by atoms with van der Waals surface area (Å²) in [5.41, 5.74) is 3.07. The number of ether oxygens (including phenoxy) is 3. The van der Waals surface area contributed by atoms with Gasteiger partial charge in [0.1, 0.15) is 17.6 Å². The fourth-order valence-electron chi connectivity index (χ4n) is 5.84. The molecular formula is C33H34F2N4O5. The maximum absolute atomic E-state index is 13.7. The van der Waals surface area contributed by atoms with E-state index in [2.05, 4.69) is 15.7 Å². The third kappa shape index (κ3) is 6.37. The molecule has 11 heteroatoms. The van der Waals surface area contributed by atoms with Gasteiger partial charge in [-0.2, -0.15) is 13.9 Å². The Hall–Kier alpha value is -4.51. The molecule has 1 saturated carbocycles. The number of carbonyl (C=O) groups is 2. The summed E-state index contributed by atoms with van der Waals surface area (Å²) in [6.45, 7) is 2.70. The van der Waals surface area contributed by atoms with E-state index in [0.29, 0.717) is 36.2 Å². The molecule has 1 aliphatic heterocycles. The maximum atomic E-state index is 13.7. The van der Waals surface area contributed by atoms with Crippen molar-refractivity contribution in [1.29, 1.82) is 0 Å². The molecule has 230 valence electrons. The number of hydrogen-bond acceptors (Lipinski definition) is 6. The molecule has 2 unspecified atom stereocenters. The van der Waals surface area contributed by atoms with E-state index < -0.39 is 24.0 Å². The molecule has 4 atom stereocenters. The number of alkyl halides is 2. The third-order valence-corrected chi connectivity index (χ3v) is 8.14. The van der Waals surface area contributed by atoms with E-state index in [1.54, 1.807) is 31.3 Å². The van der Waals surface area contributed by atoms with Crippen LogP contribution in [-0.4, -0.2) is 46.4 Å². The normalized spacial score (nSPS) is 19.5. The molecule has 9 nitrogen and oxygen atoms in total. The number of carbonyl (C=O) groups excluding carboxylic acids is 2. The predicted molar refractivity (Wildman–Crippen MR) is 159 cm³/mol. The average Bonchev–Trinajstić information content (AvgIpc) is 3.66. The number of hydrogen-bond donors (Lipinski definition) is 2. The highest BCUT2D eigenvalue weighted by molar-refractivity contribution is 5.94. The fraction of sp³-hybridized carbons (Fsp3) is 0.364. The van der Waals surface area contributed by atoms with Gasteiger partial charge in [-0.1, -0.05) is 30.3 Å². The summed E-state index contributed by atoms with van der Waals surface area (Å²) >= 11 is 0. The highest BCUT2D eigenvalue weighted by Crippen LogP contribution is 2.35. The Balaban J connectivity index is 1.19. The van der Waals surface area contributed by atoms with Gasteiger partial charge < -0.3 is 24.8 Å². The lowest BCUT2D eigenvalue weighted by molar-refractivity contribution is -0.144. The number of fused-ring (bicyclic) bond motifs is 2. The summed E-state index contributed by atoms with van der Waals surface area (Å²) in [5, 5.41) is 11.0. The van der Waals surface area contributed by atoms with E-state index in [1.807, 2.05) is 53.2 Å². The predicted octanol–water partition coefficient (Wildman–Crippen LogP) is 5.71. The van der Waals surface area contributed by atoms with E-state index >= 15 is 0 Å². The van der Waals surface area contributed by atoms with E-state index in [-0.39, 0.29) is 24.8 Å². The maximum Gasteiger partial charge on any atom is 0.321 e. The molecule has 0 saturated heterocycles. The van der Waals surface area contributed by atoms with Crippen molar-refractivity contribution in [3.8, 4) is 11.5 Å². The minimum Gasteiger partial charge on any atom is -0.484 e. The van der Waals surface area contributed by atoms with E-state index in [1.165, 1.54) is 0 Å². The van der Waals surface area contributed by atoms with Crippen LogP contribution in [0, 0.1) is 0 Å². The lowest BCUT2D eigenvalue weighted by Gasteiger charge is -2.28. The highest BCUT2D eigenvalue weighted by Gasteiger charge is 2.36. The largest absolute Gasteiger partial charge is 0.484 e. The van der Waals surface area contributed by atoms with Gasteiger partial charge in [0.2, 0.25) is 0 Å². The number of halogens is 2. The van der Waals surface area contributed by atoms with Gasteiger partial charge in [0.15, 0.2) is 6.79 Å². The van der Waals surface area contributed by atoms with Gasteiger partial charge >= 0.3 is 5.92 Å². The molecule has 1 aromatic heterocycles. The number of aromatic nitrogens is 2. The summed E-state index contributed by atoms with van der Waals surface area (Å²) in [4.78, 5) is 24.8. The van der Waals surface area contributed by atoms with Crippen LogP contribution < -0.4 is 20.1 Å². The quantitative estimate of drug-likeness (QED) is 0.254. The monoisotopic (exact) mass is 604 g/mol. The molecule has 1 fully saturated rings. The van der Waals surface area contributed by atoms with Crippen molar-refractivity contribution in [1.82, 2.24) is 20.4 Å². The molecular weight excluding hydrogens is 570 g/mol. The van der Waals surface area contributed by atoms with Crippen molar-refractivity contribution in [3.63, 3.8) is 0 Å². The highest BCUT2D eigenvalue weighted by atomic mass is 19.3. The van der Waals surface area contributed by atoms with Crippen LogP contribution in [0.1, 0.15) is 66.7 Å². The minimum absolute atomic E-state index is 0.0506. The van der Waals surface area contributed by atoms with Crippen LogP contribution in [0.15, 0.2) is 72.9 Å². The zero-order valence-electron chi connectivity index (χ0n) is 24.5. The van der Waals surface area contributed by atoms with E-state index in [0.717, 1.165) is 35.7 Å². The molecule has 2 heterocycles. The van der Waals surface area contributed by atoms with Gasteiger partial charge in [0, 0.05) is 29.5 Å². The zero-order chi connectivity index (χ0) is 30.8. The van der Waals surface area contributed by atoms with Crippen LogP contribution in [0.5, 0.6) is 11.5 Å². The van der Waals surface area contributed by atoms with Crippen LogP contribution in [0.3, 0.4) is 0 Å². The molecule has 1 aliphatic carbocycles. The Morgan fingerprint density at radius 1 is 1.09 bits per heavy atom. The first-order chi connectivity index (χ1) is 21.2. The summed E-state index contributed by atoms with van der Waals surface area (Å²) in [5.74, 6) is -3.88. The van der Waals surface area contributed by atoms with Gasteiger partial charge in [-0.05, 0) is 68.1 Å². The standard InChI is InChI=1S/C33H34F2N4O5/c1-20(37-32(41)33(2,34)35)30(22-8-9-23-18-42-19-43-29(23)15-22)44-27-12-13-28-24(14-27)17-36-39(28)26-11-10-25(16-26)38-31(40)21-6-4-3-5-7-21/h3-9,12-15,17,20,25-26,30H,10-11,16,18-19H2,1-2H3,(H,37,41)(H,38,40)/t20-,25?,26?,30-/m0/s1. The van der Waals surface area contributed by atoms with Crippen molar-refractivity contribution < 1.29 is 32.6 Å². The van der Waals surface area contributed by atoms with E-state index in [9.17, 15) is 18.4 Å². The molecule has 0 radical (unpaired) electrons. The van der Waals surface area contributed by atoms with Gasteiger partial charge in [0.05, 0.1) is 30.4 Å². The number of benzene rings is 3. The molecule has 2 amide bonds. The first-order valence-corrected chi connectivity index (χ1v) is 14.7. The Bertz CT molecular complexity index is 1660. The second-order valence-electron chi connectivity index (χ2n) is 11.5. The second kappa shape index (κ2) is 12.2. The van der Waals surface area contributed by atoms with Gasteiger partial charge in [-0.25, -0.2) is 0 Å². The molecule has 4 aromatic rings.